The summed E-state index contributed by atoms with van der Waals surface area (Å²) in [7, 11) is 1.54. The topological polar surface area (TPSA) is 49.8 Å². The number of nitrogens with zero attached hydrogens (tertiary/aromatic N) is 1. The van der Waals surface area contributed by atoms with Gasteiger partial charge >= 0.3 is 0 Å². The molecule has 1 atom stereocenters. The van der Waals surface area contributed by atoms with Gasteiger partial charge in [0.1, 0.15) is 5.75 Å². The van der Waals surface area contributed by atoms with Crippen LogP contribution in [0.2, 0.25) is 0 Å². The van der Waals surface area contributed by atoms with Crippen molar-refractivity contribution in [3.63, 3.8) is 0 Å². The van der Waals surface area contributed by atoms with E-state index >= 15 is 0 Å². The van der Waals surface area contributed by atoms with Crippen molar-refractivity contribution >= 4 is 5.91 Å². The molecular formula is C17H27NO3. The third-order valence-electron chi connectivity index (χ3n) is 3.59. The van der Waals surface area contributed by atoms with Gasteiger partial charge in [0.2, 0.25) is 0 Å². The molecule has 0 unspecified atom stereocenters. The van der Waals surface area contributed by atoms with Crippen LogP contribution in [-0.2, 0) is 0 Å². The fourth-order valence-electron chi connectivity index (χ4n) is 2.64. The molecule has 1 N–H and O–H groups in total. The smallest absolute Gasteiger partial charge is 0.258 e. The van der Waals surface area contributed by atoms with Crippen molar-refractivity contribution in [2.45, 2.75) is 59.2 Å². The Hall–Kier alpha value is -1.55. The van der Waals surface area contributed by atoms with Gasteiger partial charge in [-0.15, -0.1) is 0 Å². The number of carbonyl (C=O) groups is 1. The van der Waals surface area contributed by atoms with Gasteiger partial charge in [0.05, 0.1) is 18.8 Å². The van der Waals surface area contributed by atoms with E-state index < -0.39 is 6.10 Å². The lowest BCUT2D eigenvalue weighted by Crippen LogP contribution is -2.42. The van der Waals surface area contributed by atoms with Crippen molar-refractivity contribution in [3.8, 4) is 5.75 Å². The average molecular weight is 293 g/mol. The summed E-state index contributed by atoms with van der Waals surface area (Å²) in [5.41, 5.74) is 1.10. The average Bonchev–Trinajstić information content (AvgIpc) is 2.44. The standard InChI is InChI=1S/C17H27NO3/c1-7-14(19)13-9-8-10-15(21-6)16(13)17(20)18(11(2)3)12(4)5/h8-12,14,19H,7H2,1-6H3/t14-/m1/s1. The maximum Gasteiger partial charge on any atom is 0.258 e. The molecule has 4 nitrogen and oxygen atoms in total. The number of amides is 1. The molecule has 1 amide bonds. The minimum atomic E-state index is -0.666. The molecule has 0 aliphatic heterocycles. The van der Waals surface area contributed by atoms with E-state index in [0.29, 0.717) is 23.3 Å². The Bertz CT molecular complexity index is 475. The van der Waals surface area contributed by atoms with Crippen LogP contribution in [0.5, 0.6) is 5.75 Å². The zero-order chi connectivity index (χ0) is 16.2. The van der Waals surface area contributed by atoms with E-state index in [4.69, 9.17) is 4.74 Å². The van der Waals surface area contributed by atoms with Crippen molar-refractivity contribution in [3.05, 3.63) is 29.3 Å². The Labute approximate surface area is 127 Å². The van der Waals surface area contributed by atoms with Gasteiger partial charge in [0, 0.05) is 12.1 Å². The molecule has 0 saturated heterocycles. The largest absolute Gasteiger partial charge is 0.496 e. The molecule has 0 spiro atoms. The van der Waals surface area contributed by atoms with E-state index in [1.807, 2.05) is 39.5 Å². The van der Waals surface area contributed by atoms with Crippen LogP contribution in [0.1, 0.15) is 63.1 Å². The molecule has 0 bridgehead atoms. The summed E-state index contributed by atoms with van der Waals surface area (Å²) in [6, 6.07) is 5.52. The van der Waals surface area contributed by atoms with Crippen LogP contribution in [0, 0.1) is 0 Å². The Morgan fingerprint density at radius 3 is 2.24 bits per heavy atom. The first-order valence-electron chi connectivity index (χ1n) is 7.52. The SMILES string of the molecule is CC[C@@H](O)c1cccc(OC)c1C(=O)N(C(C)C)C(C)C. The maximum absolute atomic E-state index is 13.0. The van der Waals surface area contributed by atoms with Crippen molar-refractivity contribution < 1.29 is 14.6 Å². The molecule has 0 heterocycles. The van der Waals surface area contributed by atoms with E-state index in [1.165, 1.54) is 0 Å². The Morgan fingerprint density at radius 2 is 1.81 bits per heavy atom. The number of carbonyl (C=O) groups excluding carboxylic acids is 1. The van der Waals surface area contributed by atoms with Crippen LogP contribution in [0.15, 0.2) is 18.2 Å². The Balaban J connectivity index is 3.41. The first-order chi connectivity index (χ1) is 9.84. The molecule has 21 heavy (non-hydrogen) atoms. The third kappa shape index (κ3) is 3.76. The number of benzene rings is 1. The van der Waals surface area contributed by atoms with Crippen LogP contribution in [0.25, 0.3) is 0 Å². The molecule has 1 aromatic rings. The number of ether oxygens (including phenoxy) is 1. The number of methoxy groups -OCH3 is 1. The lowest BCUT2D eigenvalue weighted by molar-refractivity contribution is 0.0632. The second-order valence-electron chi connectivity index (χ2n) is 5.75. The van der Waals surface area contributed by atoms with Crippen molar-refractivity contribution in [1.82, 2.24) is 4.90 Å². The van der Waals surface area contributed by atoms with Gasteiger partial charge in [0.25, 0.3) is 5.91 Å². The Morgan fingerprint density at radius 1 is 1.24 bits per heavy atom. The minimum absolute atomic E-state index is 0.0778. The van der Waals surface area contributed by atoms with Crippen LogP contribution < -0.4 is 4.74 Å². The van der Waals surface area contributed by atoms with Crippen LogP contribution in [0.3, 0.4) is 0 Å². The van der Waals surface area contributed by atoms with Crippen molar-refractivity contribution in [2.24, 2.45) is 0 Å². The van der Waals surface area contributed by atoms with E-state index in [9.17, 15) is 9.90 Å². The normalized spacial score (nSPS) is 12.6. The predicted molar refractivity (Wildman–Crippen MR) is 84.7 cm³/mol. The van der Waals surface area contributed by atoms with Gasteiger partial charge in [-0.2, -0.15) is 0 Å². The van der Waals surface area contributed by atoms with Crippen LogP contribution in [0.4, 0.5) is 0 Å². The van der Waals surface area contributed by atoms with Crippen LogP contribution >= 0.6 is 0 Å². The third-order valence-corrected chi connectivity index (χ3v) is 3.59. The number of aliphatic hydroxyl groups is 1. The molecule has 0 fully saturated rings. The molecule has 4 heteroatoms. The van der Waals surface area contributed by atoms with Crippen molar-refractivity contribution in [1.29, 1.82) is 0 Å². The van der Waals surface area contributed by atoms with E-state index in [2.05, 4.69) is 0 Å². The molecule has 0 radical (unpaired) electrons. The highest BCUT2D eigenvalue weighted by Gasteiger charge is 2.28. The molecule has 0 saturated carbocycles. The zero-order valence-electron chi connectivity index (χ0n) is 13.9. The second-order valence-corrected chi connectivity index (χ2v) is 5.75. The first kappa shape index (κ1) is 17.5. The summed E-state index contributed by atoms with van der Waals surface area (Å²) >= 11 is 0. The Kier molecular flexibility index (Phi) is 6.21. The highest BCUT2D eigenvalue weighted by molar-refractivity contribution is 5.99. The number of hydrogen-bond donors (Lipinski definition) is 1. The van der Waals surface area contributed by atoms with Gasteiger partial charge in [0.15, 0.2) is 0 Å². The van der Waals surface area contributed by atoms with E-state index in [-0.39, 0.29) is 18.0 Å². The molecule has 0 aliphatic carbocycles. The summed E-state index contributed by atoms with van der Waals surface area (Å²) in [4.78, 5) is 14.8. The van der Waals surface area contributed by atoms with E-state index in [0.717, 1.165) is 0 Å². The fourth-order valence-corrected chi connectivity index (χ4v) is 2.64. The number of aliphatic hydroxyl groups excluding tert-OH is 1. The second kappa shape index (κ2) is 7.46. The molecule has 1 aromatic carbocycles. The van der Waals surface area contributed by atoms with Crippen molar-refractivity contribution in [2.75, 3.05) is 7.11 Å². The quantitative estimate of drug-likeness (QED) is 0.874. The number of hydrogen-bond acceptors (Lipinski definition) is 3. The van der Waals surface area contributed by atoms with Gasteiger partial charge in [-0.3, -0.25) is 4.79 Å². The zero-order valence-corrected chi connectivity index (χ0v) is 13.9. The molecular weight excluding hydrogens is 266 g/mol. The minimum Gasteiger partial charge on any atom is -0.496 e. The van der Waals surface area contributed by atoms with E-state index in [1.54, 1.807) is 25.3 Å². The predicted octanol–water partition coefficient (Wildman–Crippen LogP) is 3.40. The summed E-state index contributed by atoms with van der Waals surface area (Å²) < 4.78 is 5.35. The highest BCUT2D eigenvalue weighted by atomic mass is 16.5. The highest BCUT2D eigenvalue weighted by Crippen LogP contribution is 2.30. The van der Waals surface area contributed by atoms with Crippen LogP contribution in [-0.4, -0.2) is 35.1 Å². The summed E-state index contributed by atoms with van der Waals surface area (Å²) in [5, 5.41) is 10.2. The molecule has 0 aliphatic rings. The molecule has 0 aromatic heterocycles. The van der Waals surface area contributed by atoms with Gasteiger partial charge in [-0.05, 0) is 45.7 Å². The summed E-state index contributed by atoms with van der Waals surface area (Å²) in [6.45, 7) is 9.85. The van der Waals surface area contributed by atoms with Gasteiger partial charge in [-0.25, -0.2) is 0 Å². The lowest BCUT2D eigenvalue weighted by Gasteiger charge is -2.32. The summed E-state index contributed by atoms with van der Waals surface area (Å²) in [5.74, 6) is 0.413. The number of rotatable bonds is 6. The lowest BCUT2D eigenvalue weighted by atomic mass is 9.97. The molecule has 118 valence electrons. The fraction of sp³-hybridized carbons (Fsp3) is 0.588. The summed E-state index contributed by atoms with van der Waals surface area (Å²) in [6.07, 6.45) is -0.114. The monoisotopic (exact) mass is 293 g/mol. The molecule has 1 rings (SSSR count). The van der Waals surface area contributed by atoms with Gasteiger partial charge < -0.3 is 14.7 Å². The maximum atomic E-state index is 13.0. The first-order valence-corrected chi connectivity index (χ1v) is 7.52. The van der Waals surface area contributed by atoms with Gasteiger partial charge in [-0.1, -0.05) is 19.1 Å².